The van der Waals surface area contributed by atoms with Crippen LogP contribution in [0.5, 0.6) is 0 Å². The van der Waals surface area contributed by atoms with Crippen molar-refractivity contribution in [2.45, 2.75) is 43.1 Å². The summed E-state index contributed by atoms with van der Waals surface area (Å²) in [5.41, 5.74) is 5.32. The van der Waals surface area contributed by atoms with Gasteiger partial charge in [0.25, 0.3) is 0 Å². The molecule has 0 aliphatic heterocycles. The molecule has 0 fully saturated rings. The number of alkyl halides is 1. The highest BCUT2D eigenvalue weighted by molar-refractivity contribution is 7.98. The number of amides is 1. The van der Waals surface area contributed by atoms with Crippen molar-refractivity contribution < 1.29 is 4.79 Å². The van der Waals surface area contributed by atoms with Gasteiger partial charge in [-0.2, -0.15) is 0 Å². The summed E-state index contributed by atoms with van der Waals surface area (Å²) in [4.78, 5) is 12.9. The van der Waals surface area contributed by atoms with Crippen molar-refractivity contribution in [3.8, 4) is 5.69 Å². The van der Waals surface area contributed by atoms with E-state index in [0.717, 1.165) is 22.2 Å². The maximum atomic E-state index is 12.9. The highest BCUT2D eigenvalue weighted by Crippen LogP contribution is 2.29. The van der Waals surface area contributed by atoms with Crippen LogP contribution < -0.4 is 5.32 Å². The smallest absolute Gasteiger partial charge is 0.243 e. The zero-order valence-electron chi connectivity index (χ0n) is 19.4. The molecule has 0 aliphatic rings. The standard InChI is InChI=1S/C27H27ClN4OS/c1-18-12-14-23(15-13-18)32-25(20(3)29-26(33)24(28)22-10-5-4-6-11-22)30-31-27(32)34-17-21-9-7-8-19(2)16-21/h4-16,20,24H,17H2,1-3H3,(H,29,33). The highest BCUT2D eigenvalue weighted by atomic mass is 35.5. The van der Waals surface area contributed by atoms with E-state index in [1.807, 2.05) is 54.0 Å². The van der Waals surface area contributed by atoms with Crippen molar-refractivity contribution in [3.63, 3.8) is 0 Å². The molecule has 0 saturated heterocycles. The summed E-state index contributed by atoms with van der Waals surface area (Å²) in [5.74, 6) is 1.15. The van der Waals surface area contributed by atoms with Gasteiger partial charge in [-0.25, -0.2) is 0 Å². The summed E-state index contributed by atoms with van der Waals surface area (Å²) in [7, 11) is 0. The predicted octanol–water partition coefficient (Wildman–Crippen LogP) is 6.33. The Hall–Kier alpha value is -3.09. The minimum atomic E-state index is -0.783. The highest BCUT2D eigenvalue weighted by Gasteiger charge is 2.24. The first kappa shape index (κ1) is 24.0. The molecule has 174 valence electrons. The summed E-state index contributed by atoms with van der Waals surface area (Å²) in [6, 6.07) is 25.6. The molecule has 1 amide bonds. The first-order valence-electron chi connectivity index (χ1n) is 11.1. The summed E-state index contributed by atoms with van der Waals surface area (Å²) in [5, 5.41) is 11.9. The molecule has 7 heteroatoms. The Bertz CT molecular complexity index is 1260. The number of hydrogen-bond acceptors (Lipinski definition) is 4. The summed E-state index contributed by atoms with van der Waals surface area (Å²) in [6.45, 7) is 6.04. The molecule has 1 aromatic heterocycles. The third-order valence-electron chi connectivity index (χ3n) is 5.47. The quantitative estimate of drug-likeness (QED) is 0.231. The van der Waals surface area contributed by atoms with E-state index < -0.39 is 5.38 Å². The molecular formula is C27H27ClN4OS. The van der Waals surface area contributed by atoms with Gasteiger partial charge in [-0.15, -0.1) is 21.8 Å². The molecule has 4 rings (SSSR count). The zero-order valence-corrected chi connectivity index (χ0v) is 21.0. The second kappa shape index (κ2) is 10.9. The molecule has 0 spiro atoms. The van der Waals surface area contributed by atoms with Crippen molar-refractivity contribution in [2.75, 3.05) is 0 Å². The van der Waals surface area contributed by atoms with E-state index in [1.54, 1.807) is 11.8 Å². The molecular weight excluding hydrogens is 464 g/mol. The molecule has 0 aliphatic carbocycles. The van der Waals surface area contributed by atoms with Crippen molar-refractivity contribution >= 4 is 29.3 Å². The van der Waals surface area contributed by atoms with Gasteiger partial charge in [-0.05, 0) is 44.0 Å². The Morgan fingerprint density at radius 3 is 2.41 bits per heavy atom. The number of aromatic nitrogens is 3. The number of thioether (sulfide) groups is 1. The Labute approximate surface area is 209 Å². The number of halogens is 1. The number of carbonyl (C=O) groups excluding carboxylic acids is 1. The minimum Gasteiger partial charge on any atom is -0.345 e. The number of carbonyl (C=O) groups is 1. The summed E-state index contributed by atoms with van der Waals surface area (Å²) >= 11 is 8.06. The van der Waals surface area contributed by atoms with E-state index in [9.17, 15) is 4.79 Å². The maximum Gasteiger partial charge on any atom is 0.243 e. The van der Waals surface area contributed by atoms with Gasteiger partial charge < -0.3 is 5.32 Å². The fraction of sp³-hybridized carbons (Fsp3) is 0.222. The Morgan fingerprint density at radius 2 is 1.71 bits per heavy atom. The molecule has 4 aromatic rings. The number of aryl methyl sites for hydroxylation is 2. The van der Waals surface area contributed by atoms with E-state index in [0.29, 0.717) is 5.82 Å². The van der Waals surface area contributed by atoms with E-state index in [-0.39, 0.29) is 11.9 Å². The van der Waals surface area contributed by atoms with E-state index >= 15 is 0 Å². The van der Waals surface area contributed by atoms with Crippen LogP contribution in [0.2, 0.25) is 0 Å². The van der Waals surface area contributed by atoms with Gasteiger partial charge in [0, 0.05) is 11.4 Å². The van der Waals surface area contributed by atoms with Crippen LogP contribution in [-0.4, -0.2) is 20.7 Å². The van der Waals surface area contributed by atoms with Gasteiger partial charge in [0.2, 0.25) is 5.91 Å². The fourth-order valence-electron chi connectivity index (χ4n) is 3.67. The Balaban J connectivity index is 1.59. The molecule has 0 saturated carbocycles. The lowest BCUT2D eigenvalue weighted by atomic mass is 10.1. The molecule has 3 aromatic carbocycles. The van der Waals surface area contributed by atoms with Gasteiger partial charge in [0.05, 0.1) is 6.04 Å². The number of benzene rings is 3. The largest absolute Gasteiger partial charge is 0.345 e. The summed E-state index contributed by atoms with van der Waals surface area (Å²) < 4.78 is 2.01. The molecule has 1 heterocycles. The van der Waals surface area contributed by atoms with E-state index in [4.69, 9.17) is 11.6 Å². The SMILES string of the molecule is Cc1ccc(-n2c(SCc3cccc(C)c3)nnc2C(C)NC(=O)C(Cl)c2ccccc2)cc1. The van der Waals surface area contributed by atoms with Crippen LogP contribution >= 0.6 is 23.4 Å². The van der Waals surface area contributed by atoms with Crippen molar-refractivity contribution in [1.29, 1.82) is 0 Å². The van der Waals surface area contributed by atoms with Gasteiger partial charge in [0.15, 0.2) is 11.0 Å². The molecule has 0 bridgehead atoms. The molecule has 34 heavy (non-hydrogen) atoms. The molecule has 1 N–H and O–H groups in total. The zero-order chi connectivity index (χ0) is 24.1. The lowest BCUT2D eigenvalue weighted by Crippen LogP contribution is -2.31. The van der Waals surface area contributed by atoms with Crippen LogP contribution in [0.15, 0.2) is 84.0 Å². The monoisotopic (exact) mass is 490 g/mol. The van der Waals surface area contributed by atoms with Crippen LogP contribution in [0.25, 0.3) is 5.69 Å². The maximum absolute atomic E-state index is 12.9. The van der Waals surface area contributed by atoms with Crippen LogP contribution in [-0.2, 0) is 10.5 Å². The average Bonchev–Trinajstić information content (AvgIpc) is 3.27. The van der Waals surface area contributed by atoms with Crippen molar-refractivity contribution in [3.05, 3.63) is 107 Å². The summed E-state index contributed by atoms with van der Waals surface area (Å²) in [6.07, 6.45) is 0. The van der Waals surface area contributed by atoms with Gasteiger partial charge >= 0.3 is 0 Å². The van der Waals surface area contributed by atoms with Crippen molar-refractivity contribution in [2.24, 2.45) is 0 Å². The number of hydrogen-bond donors (Lipinski definition) is 1. The first-order chi connectivity index (χ1) is 16.4. The van der Waals surface area contributed by atoms with Crippen molar-refractivity contribution in [1.82, 2.24) is 20.1 Å². The van der Waals surface area contributed by atoms with Crippen LogP contribution in [0.1, 0.15) is 46.4 Å². The number of rotatable bonds is 8. The topological polar surface area (TPSA) is 59.8 Å². The minimum absolute atomic E-state index is 0.271. The third kappa shape index (κ3) is 5.69. The second-order valence-corrected chi connectivity index (χ2v) is 9.67. The number of nitrogens with one attached hydrogen (secondary N) is 1. The molecule has 0 radical (unpaired) electrons. The molecule has 5 nitrogen and oxygen atoms in total. The van der Waals surface area contributed by atoms with Crippen LogP contribution in [0.4, 0.5) is 0 Å². The predicted molar refractivity (Wildman–Crippen MR) is 138 cm³/mol. The van der Waals surface area contributed by atoms with Gasteiger partial charge in [0.1, 0.15) is 5.38 Å². The Kier molecular flexibility index (Phi) is 7.70. The fourth-order valence-corrected chi connectivity index (χ4v) is 4.78. The molecule has 2 atom stereocenters. The second-order valence-electron chi connectivity index (χ2n) is 8.29. The first-order valence-corrected chi connectivity index (χ1v) is 12.5. The normalized spacial score (nSPS) is 12.8. The van der Waals surface area contributed by atoms with Crippen LogP contribution in [0, 0.1) is 13.8 Å². The average molecular weight is 491 g/mol. The third-order valence-corrected chi connectivity index (χ3v) is 6.92. The Morgan fingerprint density at radius 1 is 0.971 bits per heavy atom. The lowest BCUT2D eigenvalue weighted by molar-refractivity contribution is -0.121. The van der Waals surface area contributed by atoms with E-state index in [2.05, 4.69) is 65.8 Å². The molecule has 2 unspecified atom stereocenters. The van der Waals surface area contributed by atoms with Gasteiger partial charge in [-0.3, -0.25) is 9.36 Å². The number of nitrogens with zero attached hydrogens (tertiary/aromatic N) is 3. The lowest BCUT2D eigenvalue weighted by Gasteiger charge is -2.18. The van der Waals surface area contributed by atoms with Crippen LogP contribution in [0.3, 0.4) is 0 Å². The van der Waals surface area contributed by atoms with Gasteiger partial charge in [-0.1, -0.05) is 89.6 Å². The van der Waals surface area contributed by atoms with E-state index in [1.165, 1.54) is 16.7 Å².